The van der Waals surface area contributed by atoms with Gasteiger partial charge in [-0.1, -0.05) is 74.6 Å². The van der Waals surface area contributed by atoms with Gasteiger partial charge in [-0.15, -0.1) is 0 Å². The number of piperidine rings is 1. The molecule has 1 aliphatic heterocycles. The van der Waals surface area contributed by atoms with E-state index in [1.54, 1.807) is 18.2 Å². The van der Waals surface area contributed by atoms with E-state index in [1.807, 2.05) is 36.4 Å². The van der Waals surface area contributed by atoms with Gasteiger partial charge in [0, 0.05) is 25.6 Å². The van der Waals surface area contributed by atoms with Gasteiger partial charge in [-0.05, 0) is 55.7 Å². The second-order valence-corrected chi connectivity index (χ2v) is 11.7. The number of nitrogens with zero attached hydrogens (tertiary/aromatic N) is 3. The first-order valence-electron chi connectivity index (χ1n) is 15.4. The number of nitrogens with one attached hydrogen (secondary N) is 1. The zero-order valence-electron chi connectivity index (χ0n) is 24.5. The molecular weight excluding hydrogens is 548 g/mol. The van der Waals surface area contributed by atoms with Crippen LogP contribution < -0.4 is 5.32 Å². The van der Waals surface area contributed by atoms with Crippen molar-refractivity contribution >= 4 is 34.9 Å². The third kappa shape index (κ3) is 7.80. The molecule has 2 heterocycles. The molecule has 1 aliphatic carbocycles. The maximum atomic E-state index is 13.9. The molecule has 43 heavy (non-hydrogen) atoms. The summed E-state index contributed by atoms with van der Waals surface area (Å²) in [6.07, 6.45) is 6.93. The van der Waals surface area contributed by atoms with Crippen LogP contribution in [0.25, 0.3) is 11.1 Å². The van der Waals surface area contributed by atoms with E-state index in [4.69, 9.17) is 4.42 Å². The highest BCUT2D eigenvalue weighted by Crippen LogP contribution is 2.28. The van der Waals surface area contributed by atoms with E-state index >= 15 is 0 Å². The minimum Gasteiger partial charge on any atom is -0.465 e. The first kappa shape index (κ1) is 30.3. The number of imide groups is 1. The Bertz CT molecular complexity index is 1380. The van der Waals surface area contributed by atoms with E-state index in [0.29, 0.717) is 49.1 Å². The molecule has 228 valence electrons. The predicted molar refractivity (Wildman–Crippen MR) is 161 cm³/mol. The van der Waals surface area contributed by atoms with Gasteiger partial charge in [-0.3, -0.25) is 14.5 Å². The van der Waals surface area contributed by atoms with Gasteiger partial charge in [0.25, 0.3) is 5.89 Å². The van der Waals surface area contributed by atoms with E-state index in [9.17, 15) is 24.3 Å². The number of Topliss-reactive ketones (excluding diaryl/α,β-unsaturated/α-hetero) is 1. The van der Waals surface area contributed by atoms with E-state index < -0.39 is 29.9 Å². The lowest BCUT2D eigenvalue weighted by Crippen LogP contribution is -2.53. The van der Waals surface area contributed by atoms with Crippen molar-refractivity contribution in [2.75, 3.05) is 19.6 Å². The zero-order chi connectivity index (χ0) is 30.2. The Morgan fingerprint density at radius 2 is 1.65 bits per heavy atom. The molecule has 1 atom stereocenters. The molecule has 0 spiro atoms. The standard InChI is InChI=1S/C33H40N4O6/c38-29(30-34-26-13-7-8-14-28(26)43-30)27(16-15-23-9-3-1-4-10-23)35-32(40)37(22-17-24-11-5-2-6-12-24)31(39)25-18-20-36(21-19-25)33(41)42/h1,3-4,7-10,13-14,24-25,27H,2,5-6,11-12,15-22H2,(H,35,40)(H,41,42)/t27-/m0/s1. The van der Waals surface area contributed by atoms with Gasteiger partial charge in [-0.2, -0.15) is 0 Å². The molecule has 0 radical (unpaired) electrons. The predicted octanol–water partition coefficient (Wildman–Crippen LogP) is 5.91. The van der Waals surface area contributed by atoms with Crippen LogP contribution in [0.4, 0.5) is 9.59 Å². The molecule has 0 unspecified atom stereocenters. The summed E-state index contributed by atoms with van der Waals surface area (Å²) < 4.78 is 5.76. The van der Waals surface area contributed by atoms with E-state index in [0.717, 1.165) is 31.2 Å². The zero-order valence-corrected chi connectivity index (χ0v) is 24.5. The third-order valence-corrected chi connectivity index (χ3v) is 8.79. The number of amides is 4. The van der Waals surface area contributed by atoms with Crippen LogP contribution >= 0.6 is 0 Å². The fourth-order valence-corrected chi connectivity index (χ4v) is 6.22. The van der Waals surface area contributed by atoms with Crippen LogP contribution in [0.5, 0.6) is 0 Å². The number of carbonyl (C=O) groups excluding carboxylic acids is 3. The molecular formula is C33H40N4O6. The van der Waals surface area contributed by atoms with Crippen molar-refractivity contribution < 1.29 is 28.7 Å². The highest BCUT2D eigenvalue weighted by atomic mass is 16.4. The normalized spacial score (nSPS) is 17.0. The van der Waals surface area contributed by atoms with Gasteiger partial charge in [-0.25, -0.2) is 14.6 Å². The van der Waals surface area contributed by atoms with Crippen molar-refractivity contribution in [1.82, 2.24) is 20.1 Å². The van der Waals surface area contributed by atoms with Crippen molar-refractivity contribution in [1.29, 1.82) is 0 Å². The highest BCUT2D eigenvalue weighted by molar-refractivity contribution is 6.02. The largest absolute Gasteiger partial charge is 0.465 e. The topological polar surface area (TPSA) is 133 Å². The van der Waals surface area contributed by atoms with Crippen LogP contribution in [0, 0.1) is 11.8 Å². The Labute approximate surface area is 251 Å². The number of aromatic nitrogens is 1. The molecule has 0 bridgehead atoms. The molecule has 2 N–H and O–H groups in total. The van der Waals surface area contributed by atoms with Crippen molar-refractivity contribution in [2.24, 2.45) is 11.8 Å². The lowest BCUT2D eigenvalue weighted by atomic mass is 9.87. The molecule has 1 saturated heterocycles. The number of carboxylic acid groups (broad SMARTS) is 1. The summed E-state index contributed by atoms with van der Waals surface area (Å²) in [5.74, 6) is -0.853. The van der Waals surface area contributed by atoms with Gasteiger partial charge >= 0.3 is 12.1 Å². The maximum absolute atomic E-state index is 13.9. The van der Waals surface area contributed by atoms with Crippen LogP contribution in [-0.4, -0.2) is 69.4 Å². The molecule has 10 nitrogen and oxygen atoms in total. The number of carbonyl (C=O) groups is 4. The molecule has 10 heteroatoms. The number of likely N-dealkylation sites (tertiary alicyclic amines) is 1. The van der Waals surface area contributed by atoms with Crippen LogP contribution in [0.15, 0.2) is 59.0 Å². The minimum atomic E-state index is -1.00. The number of ketones is 1. The number of hydrogen-bond donors (Lipinski definition) is 2. The van der Waals surface area contributed by atoms with Gasteiger partial charge in [0.05, 0.1) is 6.04 Å². The molecule has 3 aromatic rings. The van der Waals surface area contributed by atoms with Crippen LogP contribution in [0.2, 0.25) is 0 Å². The number of hydrogen-bond acceptors (Lipinski definition) is 6. The van der Waals surface area contributed by atoms with Gasteiger partial charge in [0.1, 0.15) is 5.52 Å². The van der Waals surface area contributed by atoms with Crippen LogP contribution in [0.1, 0.15) is 74.0 Å². The Hall–Kier alpha value is -4.21. The molecule has 5 rings (SSSR count). The van der Waals surface area contributed by atoms with E-state index in [1.165, 1.54) is 16.2 Å². The number of rotatable bonds is 10. The smallest absolute Gasteiger partial charge is 0.407 e. The average molecular weight is 589 g/mol. The molecule has 2 fully saturated rings. The first-order chi connectivity index (χ1) is 20.9. The summed E-state index contributed by atoms with van der Waals surface area (Å²) in [5, 5.41) is 12.2. The summed E-state index contributed by atoms with van der Waals surface area (Å²) >= 11 is 0. The Morgan fingerprint density at radius 3 is 2.35 bits per heavy atom. The van der Waals surface area contributed by atoms with Crippen LogP contribution in [0.3, 0.4) is 0 Å². The molecule has 2 aliphatic rings. The molecule has 1 saturated carbocycles. The second-order valence-electron chi connectivity index (χ2n) is 11.7. The fraction of sp³-hybridized carbons (Fsp3) is 0.485. The van der Waals surface area contributed by atoms with E-state index in [2.05, 4.69) is 10.3 Å². The lowest BCUT2D eigenvalue weighted by molar-refractivity contribution is -0.134. The summed E-state index contributed by atoms with van der Waals surface area (Å²) in [6, 6.07) is 15.2. The van der Waals surface area contributed by atoms with E-state index in [-0.39, 0.29) is 31.4 Å². The Morgan fingerprint density at radius 1 is 0.953 bits per heavy atom. The van der Waals surface area contributed by atoms with Crippen molar-refractivity contribution in [3.05, 3.63) is 66.1 Å². The van der Waals surface area contributed by atoms with Gasteiger partial charge in [0.15, 0.2) is 5.58 Å². The van der Waals surface area contributed by atoms with Gasteiger partial charge < -0.3 is 19.7 Å². The average Bonchev–Trinajstić information content (AvgIpc) is 3.48. The monoisotopic (exact) mass is 588 g/mol. The highest BCUT2D eigenvalue weighted by Gasteiger charge is 2.35. The summed E-state index contributed by atoms with van der Waals surface area (Å²) in [4.78, 5) is 59.7. The molecule has 4 amide bonds. The summed E-state index contributed by atoms with van der Waals surface area (Å²) in [7, 11) is 0. The maximum Gasteiger partial charge on any atom is 0.407 e. The van der Waals surface area contributed by atoms with Crippen molar-refractivity contribution in [2.45, 2.75) is 70.3 Å². The summed E-state index contributed by atoms with van der Waals surface area (Å²) in [5.41, 5.74) is 2.05. The first-order valence-corrected chi connectivity index (χ1v) is 15.4. The third-order valence-electron chi connectivity index (χ3n) is 8.79. The van der Waals surface area contributed by atoms with Gasteiger partial charge in [0.2, 0.25) is 11.7 Å². The Kier molecular flexibility index (Phi) is 10.1. The van der Waals surface area contributed by atoms with Crippen molar-refractivity contribution in [3.63, 3.8) is 0 Å². The summed E-state index contributed by atoms with van der Waals surface area (Å²) in [6.45, 7) is 0.760. The van der Waals surface area contributed by atoms with Crippen molar-refractivity contribution in [3.8, 4) is 0 Å². The fourth-order valence-electron chi connectivity index (χ4n) is 6.22. The van der Waals surface area contributed by atoms with Crippen LogP contribution in [-0.2, 0) is 11.2 Å². The number of fused-ring (bicyclic) bond motifs is 1. The number of urea groups is 1. The lowest BCUT2D eigenvalue weighted by Gasteiger charge is -2.33. The molecule has 1 aromatic heterocycles. The Balaban J connectivity index is 1.35. The number of oxazole rings is 1. The second kappa shape index (κ2) is 14.3. The number of para-hydroxylation sites is 2. The minimum absolute atomic E-state index is 0.0827. The SMILES string of the molecule is O=C(c1nc2ccccc2o1)[C@H](CCc1ccccc1)NC(=O)N(CCC1CCCCC1)C(=O)C1CCN(C(=O)O)CC1. The molecule has 2 aromatic carbocycles. The quantitative estimate of drug-likeness (QED) is 0.281. The number of benzene rings is 2. The number of aryl methyl sites for hydroxylation is 1.